The quantitative estimate of drug-likeness (QED) is 0.396. The molecular formula is C19H19F5N4O4. The molecule has 0 saturated carbocycles. The summed E-state index contributed by atoms with van der Waals surface area (Å²) in [5, 5.41) is 31.8. The Balaban J connectivity index is 2.10. The zero-order chi connectivity index (χ0) is 24.0. The Kier molecular flexibility index (Phi) is 6.12. The van der Waals surface area contributed by atoms with Gasteiger partial charge in [0.1, 0.15) is 36.1 Å². The zero-order valence-electron chi connectivity index (χ0n) is 16.5. The molecule has 0 aliphatic carbocycles. The molecule has 8 nitrogen and oxygen atoms in total. The van der Waals surface area contributed by atoms with E-state index >= 15 is 0 Å². The number of allylic oxidation sites excluding steroid dienone is 3. The standard InChI is InChI=1S/C19H19F5N4O4/c1-3-9(6-11(21)8(2)20)12(29)14-18(31,19(22,23)24)13(30)17(32-14)28-5-4-10-15(25)26-7-27-16(10)28/h3-7,12-14,17,29-31H,2H2,1H3,(H2,25,26,27)/b9-3+,11-6+/t12-,13+,14-,17-,18+/m1/s1. The minimum Gasteiger partial charge on any atom is -0.386 e. The van der Waals surface area contributed by atoms with E-state index in [0.29, 0.717) is 6.08 Å². The number of aliphatic hydroxyl groups excluding tert-OH is 2. The Morgan fingerprint density at radius 3 is 2.59 bits per heavy atom. The zero-order valence-corrected chi connectivity index (χ0v) is 16.5. The van der Waals surface area contributed by atoms with Crippen LogP contribution in [0, 0.1) is 0 Å². The first-order chi connectivity index (χ1) is 14.8. The van der Waals surface area contributed by atoms with Gasteiger partial charge in [0.15, 0.2) is 17.9 Å². The van der Waals surface area contributed by atoms with Crippen molar-refractivity contribution in [2.24, 2.45) is 0 Å². The molecule has 174 valence electrons. The normalized spacial score (nSPS) is 28.3. The predicted octanol–water partition coefficient (Wildman–Crippen LogP) is 2.21. The van der Waals surface area contributed by atoms with E-state index in [-0.39, 0.29) is 16.9 Å². The lowest BCUT2D eigenvalue weighted by Gasteiger charge is -2.35. The number of halogens is 5. The molecule has 0 spiro atoms. The van der Waals surface area contributed by atoms with E-state index in [2.05, 4.69) is 16.5 Å². The second kappa shape index (κ2) is 8.24. The van der Waals surface area contributed by atoms with Crippen LogP contribution in [0.5, 0.6) is 0 Å². The molecule has 0 unspecified atom stereocenters. The molecule has 1 fully saturated rings. The Bertz CT molecular complexity index is 1100. The molecule has 5 atom stereocenters. The van der Waals surface area contributed by atoms with E-state index in [4.69, 9.17) is 10.5 Å². The molecule has 0 aromatic carbocycles. The van der Waals surface area contributed by atoms with Crippen LogP contribution in [0.4, 0.5) is 27.8 Å². The number of anilines is 1. The van der Waals surface area contributed by atoms with Crippen molar-refractivity contribution in [2.45, 2.75) is 43.2 Å². The molecule has 13 heteroatoms. The Morgan fingerprint density at radius 2 is 2.03 bits per heavy atom. The van der Waals surface area contributed by atoms with Gasteiger partial charge in [0, 0.05) is 6.20 Å². The summed E-state index contributed by atoms with van der Waals surface area (Å²) in [6.07, 6.45) is -11.2. The number of hydrogen-bond donors (Lipinski definition) is 4. The van der Waals surface area contributed by atoms with Crippen LogP contribution in [0.15, 0.2) is 54.5 Å². The highest BCUT2D eigenvalue weighted by atomic mass is 19.4. The first-order valence-electron chi connectivity index (χ1n) is 9.10. The summed E-state index contributed by atoms with van der Waals surface area (Å²) >= 11 is 0. The highest BCUT2D eigenvalue weighted by molar-refractivity contribution is 5.86. The van der Waals surface area contributed by atoms with Crippen LogP contribution in [-0.2, 0) is 4.74 Å². The summed E-state index contributed by atoms with van der Waals surface area (Å²) in [4.78, 5) is 7.65. The van der Waals surface area contributed by atoms with Crippen molar-refractivity contribution in [3.63, 3.8) is 0 Å². The van der Waals surface area contributed by atoms with Gasteiger partial charge in [-0.15, -0.1) is 0 Å². The molecule has 1 saturated heterocycles. The minimum atomic E-state index is -5.49. The SMILES string of the molecule is C=C(F)/C(F)=C\C(=C/C)[C@@H](O)[C@H]1O[C@@H](n2ccc3c(N)ncnc32)[C@H](O)[C@@]1(O)C(F)(F)F. The Labute approximate surface area is 177 Å². The van der Waals surface area contributed by atoms with Crippen molar-refractivity contribution in [1.29, 1.82) is 0 Å². The molecule has 0 radical (unpaired) electrons. The summed E-state index contributed by atoms with van der Waals surface area (Å²) in [7, 11) is 0. The number of rotatable bonds is 5. The fourth-order valence-electron chi connectivity index (χ4n) is 3.51. The fraction of sp³-hybridized carbons (Fsp3) is 0.368. The predicted molar refractivity (Wildman–Crippen MR) is 102 cm³/mol. The summed E-state index contributed by atoms with van der Waals surface area (Å²) in [6.45, 7) is 3.95. The summed E-state index contributed by atoms with van der Waals surface area (Å²) in [5.41, 5.74) is 1.16. The van der Waals surface area contributed by atoms with Crippen LogP contribution >= 0.6 is 0 Å². The highest BCUT2D eigenvalue weighted by Gasteiger charge is 2.72. The van der Waals surface area contributed by atoms with Crippen molar-refractivity contribution < 1.29 is 42.0 Å². The van der Waals surface area contributed by atoms with Gasteiger partial charge >= 0.3 is 6.18 Å². The fourth-order valence-corrected chi connectivity index (χ4v) is 3.51. The van der Waals surface area contributed by atoms with Crippen molar-refractivity contribution in [3.05, 3.63) is 54.5 Å². The first-order valence-corrected chi connectivity index (χ1v) is 9.10. The minimum absolute atomic E-state index is 0.00664. The number of fused-ring (bicyclic) bond motifs is 1. The number of aromatic nitrogens is 3. The third-order valence-electron chi connectivity index (χ3n) is 5.22. The number of nitrogens with two attached hydrogens (primary N) is 1. The third kappa shape index (κ3) is 3.66. The number of aliphatic hydroxyl groups is 3. The van der Waals surface area contributed by atoms with Gasteiger partial charge in [0.25, 0.3) is 0 Å². The van der Waals surface area contributed by atoms with Crippen molar-refractivity contribution >= 4 is 16.9 Å². The average molecular weight is 462 g/mol. The van der Waals surface area contributed by atoms with Crippen LogP contribution in [0.25, 0.3) is 11.0 Å². The van der Waals surface area contributed by atoms with E-state index in [1.807, 2.05) is 0 Å². The second-order valence-electron chi connectivity index (χ2n) is 7.07. The van der Waals surface area contributed by atoms with Crippen LogP contribution in [0.3, 0.4) is 0 Å². The molecule has 3 heterocycles. The summed E-state index contributed by atoms with van der Waals surface area (Å²) < 4.78 is 74.7. The number of ether oxygens (including phenoxy) is 1. The van der Waals surface area contributed by atoms with Crippen LogP contribution in [0.2, 0.25) is 0 Å². The van der Waals surface area contributed by atoms with Gasteiger partial charge in [0.05, 0.1) is 5.39 Å². The van der Waals surface area contributed by atoms with Crippen LogP contribution in [-0.4, -0.2) is 59.9 Å². The van der Waals surface area contributed by atoms with E-state index < -0.39 is 53.5 Å². The van der Waals surface area contributed by atoms with Gasteiger partial charge in [-0.2, -0.15) is 13.2 Å². The molecule has 3 rings (SSSR count). The van der Waals surface area contributed by atoms with Gasteiger partial charge in [-0.3, -0.25) is 0 Å². The monoisotopic (exact) mass is 462 g/mol. The summed E-state index contributed by atoms with van der Waals surface area (Å²) in [6, 6.07) is 1.36. The number of hydrogen-bond acceptors (Lipinski definition) is 7. The van der Waals surface area contributed by atoms with Gasteiger partial charge in [-0.25, -0.2) is 18.7 Å². The van der Waals surface area contributed by atoms with Crippen LogP contribution < -0.4 is 5.73 Å². The first kappa shape index (κ1) is 23.8. The molecule has 1 aliphatic heterocycles. The number of alkyl halides is 3. The molecule has 5 N–H and O–H groups in total. The lowest BCUT2D eigenvalue weighted by molar-refractivity contribution is -0.300. The van der Waals surface area contributed by atoms with E-state index in [1.54, 1.807) is 0 Å². The lowest BCUT2D eigenvalue weighted by Crippen LogP contribution is -2.62. The Hall–Kier alpha value is -2.87. The third-order valence-corrected chi connectivity index (χ3v) is 5.22. The largest absolute Gasteiger partial charge is 0.422 e. The van der Waals surface area contributed by atoms with Gasteiger partial charge in [-0.05, 0) is 24.6 Å². The highest BCUT2D eigenvalue weighted by Crippen LogP contribution is 2.49. The maximum Gasteiger partial charge on any atom is 0.422 e. The lowest BCUT2D eigenvalue weighted by atomic mass is 9.85. The molecule has 2 aromatic rings. The number of nitrogen functional groups attached to an aromatic ring is 1. The van der Waals surface area contributed by atoms with Crippen molar-refractivity contribution in [2.75, 3.05) is 5.73 Å². The molecule has 2 aromatic heterocycles. The van der Waals surface area contributed by atoms with Crippen molar-refractivity contribution in [3.8, 4) is 0 Å². The molecular weight excluding hydrogens is 443 g/mol. The smallest absolute Gasteiger partial charge is 0.386 e. The maximum absolute atomic E-state index is 13.9. The van der Waals surface area contributed by atoms with Gasteiger partial charge in [0.2, 0.25) is 5.60 Å². The van der Waals surface area contributed by atoms with E-state index in [1.165, 1.54) is 19.2 Å². The molecule has 0 amide bonds. The number of nitrogens with zero attached hydrogens (tertiary/aromatic N) is 3. The van der Waals surface area contributed by atoms with Crippen LogP contribution in [0.1, 0.15) is 13.2 Å². The molecule has 0 bridgehead atoms. The Morgan fingerprint density at radius 1 is 1.38 bits per heavy atom. The average Bonchev–Trinajstić information content (AvgIpc) is 3.26. The maximum atomic E-state index is 13.9. The molecule has 32 heavy (non-hydrogen) atoms. The van der Waals surface area contributed by atoms with Crippen molar-refractivity contribution in [1.82, 2.24) is 14.5 Å². The van der Waals surface area contributed by atoms with E-state index in [9.17, 15) is 37.3 Å². The van der Waals surface area contributed by atoms with E-state index in [0.717, 1.165) is 17.0 Å². The molecule has 1 aliphatic rings. The van der Waals surface area contributed by atoms with Gasteiger partial charge in [-0.1, -0.05) is 12.7 Å². The van der Waals surface area contributed by atoms with Gasteiger partial charge < -0.3 is 30.4 Å². The summed E-state index contributed by atoms with van der Waals surface area (Å²) in [5.74, 6) is -3.07. The second-order valence-corrected chi connectivity index (χ2v) is 7.07. The topological polar surface area (TPSA) is 127 Å².